The molecule has 0 aromatic heterocycles. The normalized spacial score (nSPS) is 10.0. The van der Waals surface area contributed by atoms with Crippen molar-refractivity contribution in [3.8, 4) is 11.8 Å². The molecule has 14 heavy (non-hydrogen) atoms. The van der Waals surface area contributed by atoms with Crippen LogP contribution in [0.4, 0.5) is 0 Å². The van der Waals surface area contributed by atoms with Crippen LogP contribution in [0.5, 0.6) is 5.75 Å². The minimum atomic E-state index is 0.0848. The van der Waals surface area contributed by atoms with Gasteiger partial charge >= 0.3 is 0 Å². The van der Waals surface area contributed by atoms with E-state index >= 15 is 0 Å². The van der Waals surface area contributed by atoms with Gasteiger partial charge in [-0.15, -0.1) is 0 Å². The van der Waals surface area contributed by atoms with Crippen molar-refractivity contribution in [2.24, 2.45) is 0 Å². The van der Waals surface area contributed by atoms with E-state index in [9.17, 15) is 5.11 Å². The van der Waals surface area contributed by atoms with Crippen molar-refractivity contribution in [3.63, 3.8) is 0 Å². The first-order valence-electron chi connectivity index (χ1n) is 4.03. The summed E-state index contributed by atoms with van der Waals surface area (Å²) in [7, 11) is 0. The Morgan fingerprint density at radius 3 is 2.71 bits per heavy atom. The Morgan fingerprint density at radius 2 is 2.00 bits per heavy atom. The molecule has 0 bridgehead atoms. The average Bonchev–Trinajstić information content (AvgIpc) is 2.19. The van der Waals surface area contributed by atoms with Gasteiger partial charge in [0.15, 0.2) is 0 Å². The monoisotopic (exact) mass is 203 g/mol. The maximum Gasteiger partial charge on any atom is 0.124 e. The van der Waals surface area contributed by atoms with E-state index in [0.29, 0.717) is 16.0 Å². The van der Waals surface area contributed by atoms with Gasteiger partial charge in [0.1, 0.15) is 5.75 Å². The van der Waals surface area contributed by atoms with Crippen LogP contribution < -0.4 is 0 Å². The summed E-state index contributed by atoms with van der Waals surface area (Å²) in [6.45, 7) is 0. The van der Waals surface area contributed by atoms with E-state index in [1.807, 2.05) is 6.07 Å². The number of halogens is 1. The van der Waals surface area contributed by atoms with E-state index in [0.717, 1.165) is 5.39 Å². The van der Waals surface area contributed by atoms with Crippen LogP contribution in [0.3, 0.4) is 0 Å². The number of rotatable bonds is 0. The molecule has 2 rings (SSSR count). The molecule has 0 aliphatic heterocycles. The lowest BCUT2D eigenvalue weighted by atomic mass is 10.1. The molecule has 0 radical (unpaired) electrons. The van der Waals surface area contributed by atoms with Gasteiger partial charge in [-0.1, -0.05) is 17.7 Å². The molecule has 2 aromatic carbocycles. The van der Waals surface area contributed by atoms with E-state index in [1.165, 1.54) is 6.07 Å². The number of fused-ring (bicyclic) bond motifs is 1. The van der Waals surface area contributed by atoms with Crippen molar-refractivity contribution in [2.75, 3.05) is 0 Å². The van der Waals surface area contributed by atoms with Crippen molar-refractivity contribution in [1.82, 2.24) is 0 Å². The number of nitrogens with zero attached hydrogens (tertiary/aromatic N) is 1. The van der Waals surface area contributed by atoms with Gasteiger partial charge in [-0.2, -0.15) is 5.26 Å². The number of hydrogen-bond donors (Lipinski definition) is 1. The lowest BCUT2D eigenvalue weighted by molar-refractivity contribution is 0.481. The van der Waals surface area contributed by atoms with Crippen LogP contribution >= 0.6 is 11.6 Å². The van der Waals surface area contributed by atoms with Gasteiger partial charge < -0.3 is 5.11 Å². The van der Waals surface area contributed by atoms with E-state index in [1.54, 1.807) is 24.3 Å². The van der Waals surface area contributed by atoms with Crippen LogP contribution in [0.25, 0.3) is 10.8 Å². The van der Waals surface area contributed by atoms with Gasteiger partial charge in [-0.05, 0) is 29.7 Å². The lowest BCUT2D eigenvalue weighted by Crippen LogP contribution is -1.78. The Balaban J connectivity index is 2.84. The maximum atomic E-state index is 9.60. The highest BCUT2D eigenvalue weighted by atomic mass is 35.5. The van der Waals surface area contributed by atoms with Crippen LogP contribution in [-0.2, 0) is 0 Å². The largest absolute Gasteiger partial charge is 0.507 e. The first kappa shape index (κ1) is 8.86. The van der Waals surface area contributed by atoms with Gasteiger partial charge in [-0.25, -0.2) is 0 Å². The molecule has 0 fully saturated rings. The fourth-order valence-electron chi connectivity index (χ4n) is 1.37. The Labute approximate surface area is 86.0 Å². The minimum absolute atomic E-state index is 0.0848. The molecule has 68 valence electrons. The summed E-state index contributed by atoms with van der Waals surface area (Å²) in [5.41, 5.74) is 0.442. The Morgan fingerprint density at radius 1 is 1.21 bits per heavy atom. The quantitative estimate of drug-likeness (QED) is 0.715. The van der Waals surface area contributed by atoms with Crippen molar-refractivity contribution >= 4 is 22.4 Å². The van der Waals surface area contributed by atoms with E-state index in [2.05, 4.69) is 0 Å². The molecule has 0 saturated carbocycles. The van der Waals surface area contributed by atoms with Crippen molar-refractivity contribution in [1.29, 1.82) is 5.26 Å². The standard InChI is InChI=1S/C11H6ClNO/c12-9-2-1-8-3-7(6-13)4-11(14)10(8)5-9/h1-5,14H. The first-order valence-corrected chi connectivity index (χ1v) is 4.41. The number of benzene rings is 2. The number of phenols is 1. The van der Waals surface area contributed by atoms with Gasteiger partial charge in [0.05, 0.1) is 11.6 Å². The Kier molecular flexibility index (Phi) is 2.03. The van der Waals surface area contributed by atoms with Gasteiger partial charge in [-0.3, -0.25) is 0 Å². The second-order valence-corrected chi connectivity index (χ2v) is 3.41. The van der Waals surface area contributed by atoms with Gasteiger partial charge in [0.25, 0.3) is 0 Å². The summed E-state index contributed by atoms with van der Waals surface area (Å²) in [5, 5.41) is 20.3. The second-order valence-electron chi connectivity index (χ2n) is 2.97. The number of phenolic OH excluding ortho intramolecular Hbond substituents is 1. The second kappa shape index (κ2) is 3.21. The van der Waals surface area contributed by atoms with E-state index in [4.69, 9.17) is 16.9 Å². The molecule has 0 saturated heterocycles. The Bertz CT molecular complexity index is 543. The number of hydrogen-bond acceptors (Lipinski definition) is 2. The Hall–Kier alpha value is -1.72. The minimum Gasteiger partial charge on any atom is -0.507 e. The SMILES string of the molecule is N#Cc1cc(O)c2cc(Cl)ccc2c1. The molecular formula is C11H6ClNO. The molecule has 2 nitrogen and oxygen atoms in total. The first-order chi connectivity index (χ1) is 6.70. The molecule has 0 aliphatic rings. The van der Waals surface area contributed by atoms with Crippen LogP contribution in [0.15, 0.2) is 30.3 Å². The molecule has 0 aliphatic carbocycles. The molecule has 3 heteroatoms. The van der Waals surface area contributed by atoms with Crippen LogP contribution in [-0.4, -0.2) is 5.11 Å². The third kappa shape index (κ3) is 1.39. The summed E-state index contributed by atoms with van der Waals surface area (Å²) in [5.74, 6) is 0.0848. The summed E-state index contributed by atoms with van der Waals surface area (Å²) in [6.07, 6.45) is 0. The predicted octanol–water partition coefficient (Wildman–Crippen LogP) is 3.07. The summed E-state index contributed by atoms with van der Waals surface area (Å²) in [6, 6.07) is 10.3. The van der Waals surface area contributed by atoms with E-state index in [-0.39, 0.29) is 5.75 Å². The highest BCUT2D eigenvalue weighted by Gasteiger charge is 2.02. The zero-order chi connectivity index (χ0) is 10.1. The molecule has 0 atom stereocenters. The summed E-state index contributed by atoms with van der Waals surface area (Å²) < 4.78 is 0. The zero-order valence-electron chi connectivity index (χ0n) is 7.16. The van der Waals surface area contributed by atoms with Crippen molar-refractivity contribution in [2.45, 2.75) is 0 Å². The molecule has 0 unspecified atom stereocenters. The molecule has 0 spiro atoms. The van der Waals surface area contributed by atoms with Crippen LogP contribution in [0.2, 0.25) is 5.02 Å². The maximum absolute atomic E-state index is 9.60. The molecular weight excluding hydrogens is 198 g/mol. The highest BCUT2D eigenvalue weighted by molar-refractivity contribution is 6.31. The number of nitriles is 1. The van der Waals surface area contributed by atoms with E-state index < -0.39 is 0 Å². The molecule has 0 heterocycles. The smallest absolute Gasteiger partial charge is 0.124 e. The predicted molar refractivity (Wildman–Crippen MR) is 55.3 cm³/mol. The van der Waals surface area contributed by atoms with Crippen molar-refractivity contribution in [3.05, 3.63) is 40.9 Å². The van der Waals surface area contributed by atoms with Gasteiger partial charge in [0, 0.05) is 10.4 Å². The number of aromatic hydroxyl groups is 1. The van der Waals surface area contributed by atoms with Gasteiger partial charge in [0.2, 0.25) is 0 Å². The third-order valence-corrected chi connectivity index (χ3v) is 2.26. The topological polar surface area (TPSA) is 44.0 Å². The molecule has 2 aromatic rings. The lowest BCUT2D eigenvalue weighted by Gasteiger charge is -2.01. The van der Waals surface area contributed by atoms with Crippen LogP contribution in [0.1, 0.15) is 5.56 Å². The van der Waals surface area contributed by atoms with Crippen molar-refractivity contribution < 1.29 is 5.11 Å². The fourth-order valence-corrected chi connectivity index (χ4v) is 1.55. The third-order valence-electron chi connectivity index (χ3n) is 2.02. The average molecular weight is 204 g/mol. The van der Waals surface area contributed by atoms with Crippen LogP contribution in [0, 0.1) is 11.3 Å². The zero-order valence-corrected chi connectivity index (χ0v) is 7.92. The summed E-state index contributed by atoms with van der Waals surface area (Å²) >= 11 is 5.79. The fraction of sp³-hybridized carbons (Fsp3) is 0. The molecule has 0 amide bonds. The highest BCUT2D eigenvalue weighted by Crippen LogP contribution is 2.28. The molecule has 1 N–H and O–H groups in total. The summed E-state index contributed by atoms with van der Waals surface area (Å²) in [4.78, 5) is 0.